The van der Waals surface area contributed by atoms with E-state index in [1.807, 2.05) is 76.1 Å². The Hall–Kier alpha value is -3.60. The normalized spacial score (nSPS) is 12.8. The number of fused-ring (bicyclic) bond motifs is 1. The van der Waals surface area contributed by atoms with Crippen LogP contribution in [0.1, 0.15) is 49.5 Å². The number of nitrogens with one attached hydrogen (secondary N) is 1. The smallest absolute Gasteiger partial charge is 0.140 e. The lowest BCUT2D eigenvalue weighted by Crippen LogP contribution is -2.20. The van der Waals surface area contributed by atoms with Crippen LogP contribution in [0.3, 0.4) is 0 Å². The molecule has 2 N–H and O–H groups in total. The van der Waals surface area contributed by atoms with Gasteiger partial charge in [-0.1, -0.05) is 20.8 Å². The number of aromatic nitrogens is 5. The summed E-state index contributed by atoms with van der Waals surface area (Å²) in [6, 6.07) is 7.14. The summed E-state index contributed by atoms with van der Waals surface area (Å²) < 4.78 is 25.7. The van der Waals surface area contributed by atoms with Crippen LogP contribution in [0.5, 0.6) is 5.75 Å². The number of aryl methyl sites for hydroxylation is 1. The number of hydrogen-bond donors (Lipinski definition) is 2. The van der Waals surface area contributed by atoms with Crippen molar-refractivity contribution in [2.75, 3.05) is 13.7 Å². The van der Waals surface area contributed by atoms with Crippen molar-refractivity contribution in [1.82, 2.24) is 29.5 Å². The monoisotopic (exact) mass is 562 g/mol. The number of nitrogens with zero attached hydrogens (tertiary/aromatic N) is 5. The molecule has 4 heterocycles. The fourth-order valence-corrected chi connectivity index (χ4v) is 5.54. The zero-order valence-electron chi connectivity index (χ0n) is 23.7. The van der Waals surface area contributed by atoms with Gasteiger partial charge in [-0.3, -0.25) is 4.68 Å². The summed E-state index contributed by atoms with van der Waals surface area (Å²) in [4.78, 5) is 8.89. The van der Waals surface area contributed by atoms with Crippen molar-refractivity contribution in [3.63, 3.8) is 0 Å². The first-order chi connectivity index (χ1) is 19.1. The number of pyridine rings is 1. The molecule has 10 heteroatoms. The van der Waals surface area contributed by atoms with E-state index in [1.54, 1.807) is 16.9 Å². The van der Waals surface area contributed by atoms with Crippen LogP contribution in [0.4, 0.5) is 4.39 Å². The Labute approximate surface area is 237 Å². The van der Waals surface area contributed by atoms with Crippen LogP contribution in [-0.2, 0) is 20.0 Å². The molecule has 0 amide bonds. The molecule has 0 spiro atoms. The van der Waals surface area contributed by atoms with Gasteiger partial charge in [-0.05, 0) is 43.7 Å². The SMILES string of the molecule is CNCc1cnc2ccc(-c3ccc(F)c(-c4nccs4)c3OCCc3c(C(O)C(C)(C)C)nn(C)c3C)cn12. The fourth-order valence-electron chi connectivity index (χ4n) is 4.86. The van der Waals surface area contributed by atoms with Crippen molar-refractivity contribution in [3.8, 4) is 27.4 Å². The number of thiazole rings is 1. The third-order valence-electron chi connectivity index (χ3n) is 7.17. The minimum Gasteiger partial charge on any atom is -0.492 e. The van der Waals surface area contributed by atoms with Gasteiger partial charge in [0, 0.05) is 60.2 Å². The molecule has 4 aromatic heterocycles. The summed E-state index contributed by atoms with van der Waals surface area (Å²) in [5.74, 6) is 0.0405. The molecule has 0 aliphatic rings. The van der Waals surface area contributed by atoms with E-state index in [9.17, 15) is 5.11 Å². The highest BCUT2D eigenvalue weighted by Gasteiger charge is 2.30. The Bertz CT molecular complexity index is 1630. The molecule has 8 nitrogen and oxygen atoms in total. The Morgan fingerprint density at radius 1 is 1.18 bits per heavy atom. The second-order valence-corrected chi connectivity index (χ2v) is 11.9. The van der Waals surface area contributed by atoms with E-state index in [0.29, 0.717) is 35.0 Å². The van der Waals surface area contributed by atoms with E-state index in [-0.39, 0.29) is 12.0 Å². The maximum Gasteiger partial charge on any atom is 0.140 e. The lowest BCUT2D eigenvalue weighted by atomic mass is 9.85. The van der Waals surface area contributed by atoms with Crippen LogP contribution in [0, 0.1) is 18.2 Å². The van der Waals surface area contributed by atoms with Gasteiger partial charge in [0.15, 0.2) is 0 Å². The molecule has 1 aromatic carbocycles. The molecule has 0 saturated carbocycles. The predicted octanol–water partition coefficient (Wildman–Crippen LogP) is 5.73. The number of aliphatic hydroxyl groups excluding tert-OH is 1. The van der Waals surface area contributed by atoms with Crippen LogP contribution in [0.2, 0.25) is 0 Å². The molecule has 210 valence electrons. The molecule has 5 aromatic rings. The second-order valence-electron chi connectivity index (χ2n) is 11.0. The molecule has 0 fully saturated rings. The molecule has 0 radical (unpaired) electrons. The minimum absolute atomic E-state index is 0.267. The van der Waals surface area contributed by atoms with Gasteiger partial charge in [0.1, 0.15) is 28.3 Å². The highest BCUT2D eigenvalue weighted by atomic mass is 32.1. The molecule has 0 saturated heterocycles. The van der Waals surface area contributed by atoms with Crippen LogP contribution < -0.4 is 10.1 Å². The largest absolute Gasteiger partial charge is 0.492 e. The fraction of sp³-hybridized carbons (Fsp3) is 0.367. The summed E-state index contributed by atoms with van der Waals surface area (Å²) in [7, 11) is 3.77. The number of halogens is 1. The standard InChI is InChI=1S/C30H35FN6O2S/c1-18-21(26(35-36(18)6)28(38)30(2,3)4)11-13-39-27-22(8-9-23(31)25(27)29-33-12-14-40-29)19-7-10-24-34-16-20(15-32-5)37(24)17-19/h7-10,12,14,16-17,28,32,38H,11,13,15H2,1-6H3. The predicted molar refractivity (Wildman–Crippen MR) is 156 cm³/mol. The molecule has 40 heavy (non-hydrogen) atoms. The van der Waals surface area contributed by atoms with Crippen molar-refractivity contribution in [1.29, 1.82) is 0 Å². The molecule has 5 rings (SSSR count). The van der Waals surface area contributed by atoms with Gasteiger partial charge in [0.25, 0.3) is 0 Å². The van der Waals surface area contributed by atoms with Crippen LogP contribution in [0.15, 0.2) is 48.2 Å². The quantitative estimate of drug-likeness (QED) is 0.239. The van der Waals surface area contributed by atoms with Gasteiger partial charge in [0.05, 0.1) is 29.8 Å². The summed E-state index contributed by atoms with van der Waals surface area (Å²) in [5, 5.41) is 21.2. The number of hydrogen-bond acceptors (Lipinski definition) is 7. The summed E-state index contributed by atoms with van der Waals surface area (Å²) in [5.41, 5.74) is 6.00. The van der Waals surface area contributed by atoms with Crippen LogP contribution in [-0.4, -0.2) is 42.9 Å². The summed E-state index contributed by atoms with van der Waals surface area (Å²) in [6.45, 7) is 8.87. The highest BCUT2D eigenvalue weighted by molar-refractivity contribution is 7.13. The summed E-state index contributed by atoms with van der Waals surface area (Å²) >= 11 is 1.36. The third-order valence-corrected chi connectivity index (χ3v) is 7.96. The van der Waals surface area contributed by atoms with E-state index in [0.717, 1.165) is 33.7 Å². The average Bonchev–Trinajstić information content (AvgIpc) is 3.65. The van der Waals surface area contributed by atoms with Crippen LogP contribution in [0.25, 0.3) is 27.3 Å². The average molecular weight is 563 g/mol. The lowest BCUT2D eigenvalue weighted by Gasteiger charge is -2.25. The van der Waals surface area contributed by atoms with Crippen LogP contribution >= 0.6 is 11.3 Å². The first kappa shape index (κ1) is 27.9. The van der Waals surface area contributed by atoms with E-state index >= 15 is 4.39 Å². The van der Waals surface area contributed by atoms with Crippen molar-refractivity contribution in [3.05, 3.63) is 76.7 Å². The Morgan fingerprint density at radius 2 is 1.98 bits per heavy atom. The van der Waals surface area contributed by atoms with Gasteiger partial charge in [-0.25, -0.2) is 14.4 Å². The van der Waals surface area contributed by atoms with Gasteiger partial charge in [0.2, 0.25) is 0 Å². The zero-order chi connectivity index (χ0) is 28.6. The molecule has 0 aliphatic carbocycles. The molecule has 1 unspecified atom stereocenters. The van der Waals surface area contributed by atoms with Crippen molar-refractivity contribution >= 4 is 17.0 Å². The van der Waals surface area contributed by atoms with Gasteiger partial charge < -0.3 is 19.6 Å². The van der Waals surface area contributed by atoms with Gasteiger partial charge in [-0.15, -0.1) is 11.3 Å². The Kier molecular flexibility index (Phi) is 7.76. The molecular formula is C30H35FN6O2S. The maximum absolute atomic E-state index is 15.4. The second kappa shape index (κ2) is 11.1. The maximum atomic E-state index is 15.4. The van der Waals surface area contributed by atoms with E-state index < -0.39 is 11.9 Å². The van der Waals surface area contributed by atoms with Gasteiger partial charge >= 0.3 is 0 Å². The van der Waals surface area contributed by atoms with E-state index in [4.69, 9.17) is 4.74 Å². The number of imidazole rings is 1. The molecule has 0 aliphatic heterocycles. The van der Waals surface area contributed by atoms with E-state index in [2.05, 4.69) is 20.4 Å². The first-order valence-electron chi connectivity index (χ1n) is 13.3. The number of rotatable bonds is 9. The molecule has 0 bridgehead atoms. The third kappa shape index (κ3) is 5.26. The number of aliphatic hydroxyl groups is 1. The summed E-state index contributed by atoms with van der Waals surface area (Å²) in [6.07, 6.45) is 5.29. The number of ether oxygens (including phenoxy) is 1. The van der Waals surface area contributed by atoms with Crippen molar-refractivity contribution < 1.29 is 14.2 Å². The highest BCUT2D eigenvalue weighted by Crippen LogP contribution is 2.42. The van der Waals surface area contributed by atoms with Gasteiger partial charge in [-0.2, -0.15) is 5.10 Å². The minimum atomic E-state index is -0.730. The number of benzene rings is 1. The first-order valence-corrected chi connectivity index (χ1v) is 14.1. The Balaban J connectivity index is 1.55. The van der Waals surface area contributed by atoms with E-state index in [1.165, 1.54) is 17.4 Å². The van der Waals surface area contributed by atoms with Crippen molar-refractivity contribution in [2.45, 2.75) is 46.8 Å². The zero-order valence-corrected chi connectivity index (χ0v) is 24.5. The lowest BCUT2D eigenvalue weighted by molar-refractivity contribution is 0.0575. The molecule has 1 atom stereocenters. The molecular weight excluding hydrogens is 527 g/mol. The topological polar surface area (TPSA) is 89.5 Å². The van der Waals surface area contributed by atoms with Crippen molar-refractivity contribution in [2.24, 2.45) is 12.5 Å². The Morgan fingerprint density at radius 3 is 2.67 bits per heavy atom.